The number of nitrogens with zero attached hydrogens (tertiary/aromatic N) is 4. The number of aliphatic imine (C=N–C) groups is 1. The van der Waals surface area contributed by atoms with Gasteiger partial charge in [0.05, 0.1) is 29.2 Å². The first-order valence-corrected chi connectivity index (χ1v) is 19.9. The third kappa shape index (κ3) is 9.12. The second-order valence-corrected chi connectivity index (χ2v) is 15.6. The smallest absolute Gasteiger partial charge is 0.263 e. The van der Waals surface area contributed by atoms with Crippen LogP contribution >= 0.6 is 39.1 Å². The van der Waals surface area contributed by atoms with Gasteiger partial charge >= 0.3 is 0 Å². The van der Waals surface area contributed by atoms with Crippen molar-refractivity contribution in [2.45, 2.75) is 51.6 Å². The van der Waals surface area contributed by atoms with Gasteiger partial charge in [-0.3, -0.25) is 24.6 Å². The molecule has 2 amide bonds. The highest BCUT2D eigenvalue weighted by molar-refractivity contribution is 9.10. The molecule has 1 unspecified atom stereocenters. The number of amidine groups is 1. The van der Waals surface area contributed by atoms with Gasteiger partial charge in [0, 0.05) is 53.3 Å². The third-order valence-electron chi connectivity index (χ3n) is 8.68. The summed E-state index contributed by atoms with van der Waals surface area (Å²) in [5, 5.41) is 14.4. The number of benzene rings is 4. The first-order chi connectivity index (χ1) is 25.3. The Bertz CT molecular complexity index is 2150. The first kappa shape index (κ1) is 40.0. The number of rotatable bonds is 11. The molecule has 0 aliphatic carbocycles. The second kappa shape index (κ2) is 17.7. The van der Waals surface area contributed by atoms with Crippen LogP contribution in [0.5, 0.6) is 0 Å². The maximum Gasteiger partial charge on any atom is 0.263 e. The third-order valence-corrected chi connectivity index (χ3v) is 11.2. The molecule has 0 saturated carbocycles. The van der Waals surface area contributed by atoms with E-state index in [0.717, 1.165) is 39.2 Å². The zero-order valence-corrected chi connectivity index (χ0v) is 34.1. The lowest BCUT2D eigenvalue weighted by molar-refractivity contribution is 0.0828. The van der Waals surface area contributed by atoms with Crippen molar-refractivity contribution in [1.29, 1.82) is 5.41 Å². The van der Waals surface area contributed by atoms with Crippen molar-refractivity contribution < 1.29 is 13.8 Å². The number of halogens is 3. The Morgan fingerprint density at radius 1 is 0.981 bits per heavy atom. The highest BCUT2D eigenvalue weighted by Crippen LogP contribution is 2.32. The number of carbonyl (C=O) groups excluding carboxylic acids is 2. The van der Waals surface area contributed by atoms with E-state index < -0.39 is 22.8 Å². The molecular formula is C39H42BrCl2N7O3S. The van der Waals surface area contributed by atoms with E-state index in [2.05, 4.69) is 26.0 Å². The standard InChI is InChI=1S/C39H42BrCl2N7O3S/c1-6-18-48(19-7-2)36(43)35(42)24(3)45-34-17-12-25(37(50)46-53(52)28-13-14-29-30(21-28)32(40)15-16-33(29)41)20-31(34)38(51)49-23-27-11-9-8-10-26(27)22-44-39(49)47(4)5/h8-17,20-21,43,45H,6-7,18-19,22-23H2,1-5H3,(H,46,50)/b35-24+,43-36?. The van der Waals surface area contributed by atoms with Crippen molar-refractivity contribution in [3.63, 3.8) is 0 Å². The van der Waals surface area contributed by atoms with Crippen LogP contribution in [0.3, 0.4) is 0 Å². The van der Waals surface area contributed by atoms with Crippen LogP contribution in [0.25, 0.3) is 10.8 Å². The maximum atomic E-state index is 14.7. The minimum absolute atomic E-state index is 0.119. The molecule has 1 aliphatic heterocycles. The Labute approximate surface area is 331 Å². The summed E-state index contributed by atoms with van der Waals surface area (Å²) < 4.78 is 16.8. The van der Waals surface area contributed by atoms with E-state index in [-0.39, 0.29) is 28.5 Å². The number of nitrogens with one attached hydrogen (secondary N) is 3. The molecule has 1 atom stereocenters. The molecule has 0 saturated heterocycles. The summed E-state index contributed by atoms with van der Waals surface area (Å²) in [6.45, 7) is 7.85. The van der Waals surface area contributed by atoms with E-state index in [4.69, 9.17) is 33.6 Å². The Morgan fingerprint density at radius 2 is 1.68 bits per heavy atom. The molecule has 4 aromatic rings. The average Bonchev–Trinajstić information content (AvgIpc) is 3.35. The van der Waals surface area contributed by atoms with E-state index >= 15 is 0 Å². The molecule has 0 fully saturated rings. The number of amides is 2. The second-order valence-electron chi connectivity index (χ2n) is 12.8. The fourth-order valence-electron chi connectivity index (χ4n) is 6.03. The van der Waals surface area contributed by atoms with Gasteiger partial charge in [0.1, 0.15) is 10.9 Å². The molecule has 0 spiro atoms. The summed E-state index contributed by atoms with van der Waals surface area (Å²) in [4.78, 5) is 38.9. The van der Waals surface area contributed by atoms with E-state index in [1.54, 1.807) is 59.2 Å². The fraction of sp³-hybridized carbons (Fsp3) is 0.282. The van der Waals surface area contributed by atoms with Crippen molar-refractivity contribution in [3.05, 3.63) is 115 Å². The van der Waals surface area contributed by atoms with Crippen molar-refractivity contribution in [1.82, 2.24) is 19.4 Å². The SMILES string of the molecule is CCCN(CCC)C(=N)/C(Cl)=C(/C)Nc1ccc(C(=O)NS(=O)c2ccc3c(Cl)ccc(Br)c3c2)cc1C(=O)N1Cc2ccccc2CN=C1N(C)C. The molecule has 53 heavy (non-hydrogen) atoms. The van der Waals surface area contributed by atoms with Gasteiger partial charge in [-0.1, -0.05) is 83.3 Å². The zero-order chi connectivity index (χ0) is 38.4. The predicted molar refractivity (Wildman–Crippen MR) is 220 cm³/mol. The Kier molecular flexibility index (Phi) is 13.4. The van der Waals surface area contributed by atoms with Gasteiger partial charge in [0.2, 0.25) is 5.96 Å². The Balaban J connectivity index is 1.53. The van der Waals surface area contributed by atoms with Crippen molar-refractivity contribution in [2.24, 2.45) is 4.99 Å². The summed E-state index contributed by atoms with van der Waals surface area (Å²) in [5.41, 5.74) is 3.08. The van der Waals surface area contributed by atoms with E-state index in [1.165, 1.54) is 6.07 Å². The number of allylic oxidation sites excluding steroid dienone is 1. The van der Waals surface area contributed by atoms with Crippen LogP contribution in [0.15, 0.2) is 97.9 Å². The number of anilines is 1. The molecule has 0 radical (unpaired) electrons. The zero-order valence-electron chi connectivity index (χ0n) is 30.2. The lowest BCUT2D eigenvalue weighted by Gasteiger charge is -2.29. The normalized spacial score (nSPS) is 13.7. The van der Waals surface area contributed by atoms with Crippen LogP contribution in [0.2, 0.25) is 5.02 Å². The van der Waals surface area contributed by atoms with Crippen LogP contribution < -0.4 is 10.0 Å². The fourth-order valence-corrected chi connectivity index (χ4v) is 7.71. The molecule has 4 aromatic carbocycles. The summed E-state index contributed by atoms with van der Waals surface area (Å²) >= 11 is 16.7. The first-order valence-electron chi connectivity index (χ1n) is 17.2. The van der Waals surface area contributed by atoms with Crippen molar-refractivity contribution in [2.75, 3.05) is 32.5 Å². The van der Waals surface area contributed by atoms with Gasteiger partial charge in [0.25, 0.3) is 11.8 Å². The molecular weight excluding hydrogens is 797 g/mol. The Hall–Kier alpha value is -4.23. The van der Waals surface area contributed by atoms with Gasteiger partial charge in [-0.05, 0) is 78.7 Å². The van der Waals surface area contributed by atoms with Crippen LogP contribution in [-0.2, 0) is 24.1 Å². The molecule has 0 bridgehead atoms. The summed E-state index contributed by atoms with van der Waals surface area (Å²) in [5.74, 6) is -0.418. The summed E-state index contributed by atoms with van der Waals surface area (Å²) in [7, 11) is 1.71. The highest BCUT2D eigenvalue weighted by Gasteiger charge is 2.29. The van der Waals surface area contributed by atoms with Gasteiger partial charge < -0.3 is 15.1 Å². The minimum Gasteiger partial charge on any atom is -0.357 e. The number of hydrogen-bond acceptors (Lipinski definition) is 7. The molecule has 5 rings (SSSR count). The topological polar surface area (TPSA) is 121 Å². The number of fused-ring (bicyclic) bond motifs is 2. The molecule has 14 heteroatoms. The molecule has 1 aliphatic rings. The number of carbonyl (C=O) groups is 2. The predicted octanol–water partition coefficient (Wildman–Crippen LogP) is 8.76. The molecule has 1 heterocycles. The van der Waals surface area contributed by atoms with E-state index in [1.807, 2.05) is 57.1 Å². The van der Waals surface area contributed by atoms with Crippen molar-refractivity contribution in [3.8, 4) is 0 Å². The monoisotopic (exact) mass is 837 g/mol. The molecule has 0 aromatic heterocycles. The average molecular weight is 840 g/mol. The van der Waals surface area contributed by atoms with Crippen molar-refractivity contribution >= 4 is 90.2 Å². The Morgan fingerprint density at radius 3 is 2.36 bits per heavy atom. The maximum absolute atomic E-state index is 14.7. The van der Waals surface area contributed by atoms with Gasteiger partial charge in [-0.25, -0.2) is 9.20 Å². The lowest BCUT2D eigenvalue weighted by Crippen LogP contribution is -2.43. The lowest BCUT2D eigenvalue weighted by atomic mass is 10.0. The van der Waals surface area contributed by atoms with Crippen LogP contribution in [0, 0.1) is 5.41 Å². The largest absolute Gasteiger partial charge is 0.357 e. The molecule has 278 valence electrons. The van der Waals surface area contributed by atoms with Gasteiger partial charge in [0.15, 0.2) is 11.0 Å². The van der Waals surface area contributed by atoms with Gasteiger partial charge in [-0.2, -0.15) is 0 Å². The minimum atomic E-state index is -1.93. The van der Waals surface area contributed by atoms with Crippen LogP contribution in [-0.4, -0.2) is 69.7 Å². The van der Waals surface area contributed by atoms with Crippen LogP contribution in [0.1, 0.15) is 65.5 Å². The van der Waals surface area contributed by atoms with E-state index in [9.17, 15) is 13.8 Å². The van der Waals surface area contributed by atoms with E-state index in [0.29, 0.717) is 46.9 Å². The summed E-state index contributed by atoms with van der Waals surface area (Å²) in [6.07, 6.45) is 1.71. The summed E-state index contributed by atoms with van der Waals surface area (Å²) in [6, 6.07) is 21.2. The number of guanidine groups is 1. The molecule has 10 nitrogen and oxygen atoms in total. The van der Waals surface area contributed by atoms with Crippen LogP contribution in [0.4, 0.5) is 5.69 Å². The quantitative estimate of drug-likeness (QED) is 0.103. The highest BCUT2D eigenvalue weighted by atomic mass is 79.9. The van der Waals surface area contributed by atoms with Gasteiger partial charge in [-0.15, -0.1) is 0 Å². The number of hydrogen-bond donors (Lipinski definition) is 3. The molecule has 3 N–H and O–H groups in total.